The van der Waals surface area contributed by atoms with Gasteiger partial charge in [0.15, 0.2) is 0 Å². The average Bonchev–Trinajstić information content (AvgIpc) is 2.34. The number of hydrogen-bond acceptors (Lipinski definition) is 4. The van der Waals surface area contributed by atoms with E-state index in [0.29, 0.717) is 0 Å². The molecule has 0 aromatic heterocycles. The zero-order valence-corrected chi connectivity index (χ0v) is 13.9. The number of carbonyl (C=O) groups excluding carboxylic acids is 1. The third-order valence-electron chi connectivity index (χ3n) is 2.58. The van der Waals surface area contributed by atoms with Gasteiger partial charge in [0.2, 0.25) is 0 Å². The highest BCUT2D eigenvalue weighted by Crippen LogP contribution is 2.22. The van der Waals surface area contributed by atoms with Crippen LogP contribution in [0.4, 0.5) is 0 Å². The van der Waals surface area contributed by atoms with E-state index < -0.39 is 25.8 Å². The van der Waals surface area contributed by atoms with Gasteiger partial charge in [0.05, 0.1) is 15.5 Å². The van der Waals surface area contributed by atoms with E-state index in [0.717, 1.165) is 6.07 Å². The molecule has 0 spiro atoms. The van der Waals surface area contributed by atoms with E-state index in [1.165, 1.54) is 18.4 Å². The first-order valence-corrected chi connectivity index (χ1v) is 9.78. The summed E-state index contributed by atoms with van der Waals surface area (Å²) in [5, 5.41) is 2.43. The van der Waals surface area contributed by atoms with Crippen LogP contribution >= 0.6 is 22.3 Å². The SMILES string of the molecule is CC(CNC(=O)c1cc(S(=O)(=O)Cl)ccc1Cl)S(C)=O. The van der Waals surface area contributed by atoms with Gasteiger partial charge in [-0.3, -0.25) is 9.00 Å². The molecule has 1 amide bonds. The Bertz CT molecular complexity index is 646. The van der Waals surface area contributed by atoms with Gasteiger partial charge in [0, 0.05) is 39.5 Å². The molecule has 20 heavy (non-hydrogen) atoms. The van der Waals surface area contributed by atoms with E-state index >= 15 is 0 Å². The van der Waals surface area contributed by atoms with Crippen molar-refractivity contribution < 1.29 is 17.4 Å². The summed E-state index contributed by atoms with van der Waals surface area (Å²) in [5.74, 6) is -0.547. The quantitative estimate of drug-likeness (QED) is 0.814. The minimum atomic E-state index is -3.94. The van der Waals surface area contributed by atoms with Crippen LogP contribution in [0.2, 0.25) is 5.02 Å². The number of hydrogen-bond donors (Lipinski definition) is 1. The standard InChI is InChI=1S/C11H13Cl2NO4S2/c1-7(19(2)16)6-14-11(15)9-5-8(20(13,17)18)3-4-10(9)12/h3-5,7H,6H2,1-2H3,(H,14,15). The molecule has 0 aliphatic rings. The summed E-state index contributed by atoms with van der Waals surface area (Å²) in [4.78, 5) is 11.7. The fourth-order valence-corrected chi connectivity index (χ4v) is 2.58. The van der Waals surface area contributed by atoms with Gasteiger partial charge in [-0.25, -0.2) is 8.42 Å². The topological polar surface area (TPSA) is 80.3 Å². The molecule has 1 aromatic carbocycles. The van der Waals surface area contributed by atoms with Crippen LogP contribution in [0.3, 0.4) is 0 Å². The molecule has 5 nitrogen and oxygen atoms in total. The molecule has 0 aliphatic carbocycles. The molecule has 2 unspecified atom stereocenters. The van der Waals surface area contributed by atoms with Gasteiger partial charge >= 0.3 is 0 Å². The molecule has 0 saturated carbocycles. The molecule has 0 radical (unpaired) electrons. The van der Waals surface area contributed by atoms with Gasteiger partial charge in [-0.05, 0) is 25.1 Å². The molecule has 1 rings (SSSR count). The van der Waals surface area contributed by atoms with Crippen molar-refractivity contribution in [2.45, 2.75) is 17.1 Å². The number of halogens is 2. The van der Waals surface area contributed by atoms with Gasteiger partial charge in [0.1, 0.15) is 0 Å². The van der Waals surface area contributed by atoms with Gasteiger partial charge in [-0.2, -0.15) is 0 Å². The first kappa shape index (κ1) is 17.4. The highest BCUT2D eigenvalue weighted by Gasteiger charge is 2.17. The third kappa shape index (κ3) is 4.73. The Balaban J connectivity index is 2.96. The molecule has 112 valence electrons. The van der Waals surface area contributed by atoms with Crippen molar-refractivity contribution in [3.63, 3.8) is 0 Å². The highest BCUT2D eigenvalue weighted by molar-refractivity contribution is 8.13. The number of nitrogens with one attached hydrogen (secondary N) is 1. The first-order chi connectivity index (χ1) is 9.12. The minimum Gasteiger partial charge on any atom is -0.351 e. The average molecular weight is 358 g/mol. The second kappa shape index (κ2) is 6.89. The highest BCUT2D eigenvalue weighted by atomic mass is 35.7. The summed E-state index contributed by atoms with van der Waals surface area (Å²) in [7, 11) is 0.207. The fraction of sp³-hybridized carbons (Fsp3) is 0.364. The molecule has 9 heteroatoms. The van der Waals surface area contributed by atoms with E-state index in [1.54, 1.807) is 6.92 Å². The smallest absolute Gasteiger partial charge is 0.261 e. The summed E-state index contributed by atoms with van der Waals surface area (Å²) in [6.45, 7) is 1.91. The largest absolute Gasteiger partial charge is 0.351 e. The van der Waals surface area contributed by atoms with Crippen LogP contribution in [0.1, 0.15) is 17.3 Å². The zero-order valence-electron chi connectivity index (χ0n) is 10.7. The van der Waals surface area contributed by atoms with Gasteiger partial charge in [0.25, 0.3) is 15.0 Å². The maximum atomic E-state index is 11.9. The number of carbonyl (C=O) groups is 1. The molecule has 0 bridgehead atoms. The Kier molecular flexibility index (Phi) is 6.00. The Hall–Kier alpha value is -0.630. The van der Waals surface area contributed by atoms with Crippen LogP contribution in [0, 0.1) is 0 Å². The fourth-order valence-electron chi connectivity index (χ4n) is 1.28. The summed E-state index contributed by atoms with van der Waals surface area (Å²) in [6, 6.07) is 3.60. The molecule has 0 saturated heterocycles. The molecule has 0 fully saturated rings. The monoisotopic (exact) mass is 357 g/mol. The molecular weight excluding hydrogens is 345 g/mol. The van der Waals surface area contributed by atoms with E-state index in [9.17, 15) is 17.4 Å². The Morgan fingerprint density at radius 2 is 2.05 bits per heavy atom. The summed E-state index contributed by atoms with van der Waals surface area (Å²) in [5.41, 5.74) is 0.00229. The van der Waals surface area contributed by atoms with Crippen molar-refractivity contribution in [1.29, 1.82) is 0 Å². The van der Waals surface area contributed by atoms with Crippen LogP contribution < -0.4 is 5.32 Å². The van der Waals surface area contributed by atoms with E-state index in [-0.39, 0.29) is 27.3 Å². The van der Waals surface area contributed by atoms with E-state index in [2.05, 4.69) is 5.32 Å². The number of benzene rings is 1. The molecular formula is C11H13Cl2NO4S2. The predicted octanol–water partition coefficient (Wildman–Crippen LogP) is 1.76. The lowest BCUT2D eigenvalue weighted by atomic mass is 10.2. The normalized spacial score (nSPS) is 14.6. The zero-order chi connectivity index (χ0) is 15.5. The first-order valence-electron chi connectivity index (χ1n) is 5.47. The van der Waals surface area contributed by atoms with Crippen molar-refractivity contribution in [3.8, 4) is 0 Å². The summed E-state index contributed by atoms with van der Waals surface area (Å²) in [6.07, 6.45) is 1.53. The second-order valence-electron chi connectivity index (χ2n) is 4.10. The van der Waals surface area contributed by atoms with Crippen LogP contribution in [-0.2, 0) is 19.9 Å². The van der Waals surface area contributed by atoms with Crippen LogP contribution in [0.25, 0.3) is 0 Å². The molecule has 1 aromatic rings. The van der Waals surface area contributed by atoms with Crippen molar-refractivity contribution in [2.24, 2.45) is 0 Å². The predicted molar refractivity (Wildman–Crippen MR) is 80.4 cm³/mol. The lowest BCUT2D eigenvalue weighted by Gasteiger charge is -2.11. The molecule has 0 aliphatic heterocycles. The third-order valence-corrected chi connectivity index (χ3v) is 5.56. The lowest BCUT2D eigenvalue weighted by molar-refractivity contribution is 0.0954. The molecule has 2 atom stereocenters. The number of amides is 1. The van der Waals surface area contributed by atoms with Crippen LogP contribution in [-0.4, -0.2) is 36.6 Å². The van der Waals surface area contributed by atoms with Gasteiger partial charge < -0.3 is 5.32 Å². The van der Waals surface area contributed by atoms with Crippen molar-refractivity contribution in [1.82, 2.24) is 5.32 Å². The molecule has 0 heterocycles. The van der Waals surface area contributed by atoms with Gasteiger partial charge in [-0.1, -0.05) is 11.6 Å². The van der Waals surface area contributed by atoms with Crippen molar-refractivity contribution in [3.05, 3.63) is 28.8 Å². The van der Waals surface area contributed by atoms with Crippen LogP contribution in [0.15, 0.2) is 23.1 Å². The Morgan fingerprint density at radius 1 is 1.45 bits per heavy atom. The molecule has 1 N–H and O–H groups in total. The van der Waals surface area contributed by atoms with Crippen molar-refractivity contribution >= 4 is 48.0 Å². The van der Waals surface area contributed by atoms with Gasteiger partial charge in [-0.15, -0.1) is 0 Å². The van der Waals surface area contributed by atoms with E-state index in [4.69, 9.17) is 22.3 Å². The number of rotatable bonds is 5. The summed E-state index contributed by atoms with van der Waals surface area (Å²) < 4.78 is 33.6. The van der Waals surface area contributed by atoms with Crippen LogP contribution in [0.5, 0.6) is 0 Å². The second-order valence-corrected chi connectivity index (χ2v) is 8.87. The minimum absolute atomic E-state index is 0.00229. The Labute approximate surface area is 129 Å². The maximum absolute atomic E-state index is 11.9. The summed E-state index contributed by atoms with van der Waals surface area (Å²) >= 11 is 5.86. The van der Waals surface area contributed by atoms with Crippen molar-refractivity contribution in [2.75, 3.05) is 12.8 Å². The lowest BCUT2D eigenvalue weighted by Crippen LogP contribution is -2.32. The maximum Gasteiger partial charge on any atom is 0.261 e. The Morgan fingerprint density at radius 3 is 2.55 bits per heavy atom. The van der Waals surface area contributed by atoms with E-state index in [1.807, 2.05) is 0 Å².